The van der Waals surface area contributed by atoms with Crippen molar-refractivity contribution < 1.29 is 9.53 Å². The fraction of sp³-hybridized carbons (Fsp3) is 0.353. The molecule has 1 heterocycles. The lowest BCUT2D eigenvalue weighted by Crippen LogP contribution is -2.29. The van der Waals surface area contributed by atoms with Gasteiger partial charge in [0.05, 0.1) is 12.3 Å². The third kappa shape index (κ3) is 6.28. The Hall–Kier alpha value is -2.08. The zero-order chi connectivity index (χ0) is 16.7. The molecule has 1 aromatic heterocycles. The fourth-order valence-electron chi connectivity index (χ4n) is 2.01. The molecule has 0 radical (unpaired) electrons. The van der Waals surface area contributed by atoms with Crippen molar-refractivity contribution >= 4 is 17.7 Å². The first-order valence-corrected chi connectivity index (χ1v) is 8.43. The molecule has 1 N–H and O–H groups in total. The molecule has 0 atom stereocenters. The molecule has 0 aliphatic heterocycles. The van der Waals surface area contributed by atoms with Crippen molar-refractivity contribution in [3.8, 4) is 5.75 Å². The average Bonchev–Trinajstić information content (AvgIpc) is 2.49. The first kappa shape index (κ1) is 17.3. The van der Waals surface area contributed by atoms with E-state index in [1.54, 1.807) is 0 Å². The molecule has 0 aliphatic carbocycles. The number of rotatable bonds is 7. The van der Waals surface area contributed by atoms with Crippen LogP contribution in [0.1, 0.15) is 17.1 Å². The molecule has 0 fully saturated rings. The minimum atomic E-state index is -0.0308. The monoisotopic (exact) mass is 331 g/mol. The summed E-state index contributed by atoms with van der Waals surface area (Å²) in [7, 11) is 0. The summed E-state index contributed by atoms with van der Waals surface area (Å²) in [5.41, 5.74) is 2.06. The Balaban J connectivity index is 1.67. The van der Waals surface area contributed by atoms with Crippen molar-refractivity contribution in [3.63, 3.8) is 0 Å². The Morgan fingerprint density at radius 2 is 2.04 bits per heavy atom. The summed E-state index contributed by atoms with van der Waals surface area (Å²) in [6, 6.07) is 9.72. The van der Waals surface area contributed by atoms with Crippen molar-refractivity contribution in [3.05, 3.63) is 47.4 Å². The summed E-state index contributed by atoms with van der Waals surface area (Å²) < 4.78 is 5.59. The van der Waals surface area contributed by atoms with Crippen LogP contribution in [-0.2, 0) is 4.79 Å². The number of nitrogens with one attached hydrogen (secondary N) is 1. The Morgan fingerprint density at radius 3 is 2.78 bits per heavy atom. The molecule has 0 bridgehead atoms. The number of carbonyl (C=O) groups is 1. The number of ether oxygens (including phenoxy) is 1. The molecule has 0 aliphatic rings. The van der Waals surface area contributed by atoms with Crippen molar-refractivity contribution in [1.82, 2.24) is 15.3 Å². The highest BCUT2D eigenvalue weighted by Gasteiger charge is 2.05. The largest absolute Gasteiger partial charge is 0.492 e. The van der Waals surface area contributed by atoms with Crippen LogP contribution in [0.3, 0.4) is 0 Å². The molecule has 2 rings (SSSR count). The molecule has 0 spiro atoms. The molecule has 0 saturated carbocycles. The molecule has 1 amide bonds. The van der Waals surface area contributed by atoms with Crippen LogP contribution < -0.4 is 10.1 Å². The van der Waals surface area contributed by atoms with Crippen molar-refractivity contribution in [2.45, 2.75) is 25.8 Å². The van der Waals surface area contributed by atoms with Gasteiger partial charge in [-0.05, 0) is 44.5 Å². The minimum Gasteiger partial charge on any atom is -0.492 e. The van der Waals surface area contributed by atoms with Gasteiger partial charge in [0.2, 0.25) is 5.91 Å². The molecule has 23 heavy (non-hydrogen) atoms. The minimum absolute atomic E-state index is 0.0308. The summed E-state index contributed by atoms with van der Waals surface area (Å²) in [5, 5.41) is 3.66. The first-order valence-electron chi connectivity index (χ1n) is 7.44. The van der Waals surface area contributed by atoms with E-state index in [4.69, 9.17) is 4.74 Å². The van der Waals surface area contributed by atoms with Crippen LogP contribution >= 0.6 is 11.8 Å². The number of amides is 1. The zero-order valence-corrected chi connectivity index (χ0v) is 14.4. The number of aryl methyl sites for hydroxylation is 3. The van der Waals surface area contributed by atoms with E-state index < -0.39 is 0 Å². The van der Waals surface area contributed by atoms with Crippen LogP contribution in [0.2, 0.25) is 0 Å². The third-order valence-electron chi connectivity index (χ3n) is 2.98. The number of benzene rings is 1. The molecule has 122 valence electrons. The maximum Gasteiger partial charge on any atom is 0.230 e. The van der Waals surface area contributed by atoms with E-state index in [2.05, 4.69) is 15.3 Å². The zero-order valence-electron chi connectivity index (χ0n) is 13.6. The number of thioether (sulfide) groups is 1. The van der Waals surface area contributed by atoms with Crippen LogP contribution in [0.4, 0.5) is 0 Å². The second-order valence-corrected chi connectivity index (χ2v) is 6.19. The second-order valence-electron chi connectivity index (χ2n) is 5.20. The lowest BCUT2D eigenvalue weighted by Gasteiger charge is -2.08. The lowest BCUT2D eigenvalue weighted by atomic mass is 10.2. The van der Waals surface area contributed by atoms with E-state index in [-0.39, 0.29) is 5.91 Å². The highest BCUT2D eigenvalue weighted by molar-refractivity contribution is 7.99. The van der Waals surface area contributed by atoms with Gasteiger partial charge in [0, 0.05) is 5.69 Å². The van der Waals surface area contributed by atoms with Gasteiger partial charge in [-0.25, -0.2) is 9.97 Å². The second kappa shape index (κ2) is 8.53. The lowest BCUT2D eigenvalue weighted by molar-refractivity contribution is -0.118. The van der Waals surface area contributed by atoms with Gasteiger partial charge < -0.3 is 10.1 Å². The number of carbonyl (C=O) groups excluding carboxylic acids is 1. The summed E-state index contributed by atoms with van der Waals surface area (Å²) in [6.07, 6.45) is 0. The molecular formula is C17H21N3O2S. The summed E-state index contributed by atoms with van der Waals surface area (Å²) in [6.45, 7) is 6.71. The first-order chi connectivity index (χ1) is 11.0. The van der Waals surface area contributed by atoms with Crippen LogP contribution in [0, 0.1) is 20.8 Å². The van der Waals surface area contributed by atoms with Crippen LogP contribution in [0.15, 0.2) is 35.4 Å². The molecule has 6 heteroatoms. The fourth-order valence-corrected chi connectivity index (χ4v) is 2.84. The Kier molecular flexibility index (Phi) is 6.40. The standard InChI is InChI=1S/C17H21N3O2S/c1-12-5-4-6-15(9-12)22-8-7-18-16(21)11-23-17-10-13(2)19-14(3)20-17/h4-6,9-10H,7-8,11H2,1-3H3,(H,18,21). The molecule has 0 unspecified atom stereocenters. The molecule has 1 aromatic carbocycles. The molecular weight excluding hydrogens is 310 g/mol. The number of nitrogens with zero attached hydrogens (tertiary/aromatic N) is 2. The molecule has 0 saturated heterocycles. The Morgan fingerprint density at radius 1 is 1.22 bits per heavy atom. The quantitative estimate of drug-likeness (QED) is 0.480. The SMILES string of the molecule is Cc1cccc(OCCNC(=O)CSc2cc(C)nc(C)n2)c1. The van der Waals surface area contributed by atoms with E-state index in [1.807, 2.05) is 51.1 Å². The van der Waals surface area contributed by atoms with Gasteiger partial charge in [-0.3, -0.25) is 4.79 Å². The highest BCUT2D eigenvalue weighted by Crippen LogP contribution is 2.15. The number of aromatic nitrogens is 2. The van der Waals surface area contributed by atoms with Gasteiger partial charge in [-0.1, -0.05) is 23.9 Å². The van der Waals surface area contributed by atoms with Crippen molar-refractivity contribution in [2.75, 3.05) is 18.9 Å². The molecule has 2 aromatic rings. The van der Waals surface area contributed by atoms with Gasteiger partial charge in [0.15, 0.2) is 0 Å². The van der Waals surface area contributed by atoms with E-state index >= 15 is 0 Å². The maximum atomic E-state index is 11.8. The smallest absolute Gasteiger partial charge is 0.230 e. The number of hydrogen-bond donors (Lipinski definition) is 1. The predicted molar refractivity (Wildman–Crippen MR) is 91.9 cm³/mol. The topological polar surface area (TPSA) is 64.1 Å². The van der Waals surface area contributed by atoms with Crippen LogP contribution in [-0.4, -0.2) is 34.8 Å². The summed E-state index contributed by atoms with van der Waals surface area (Å²) in [5.74, 6) is 1.84. The van der Waals surface area contributed by atoms with Gasteiger partial charge in [0.1, 0.15) is 23.2 Å². The molecule has 5 nitrogen and oxygen atoms in total. The summed E-state index contributed by atoms with van der Waals surface area (Å²) >= 11 is 1.41. The summed E-state index contributed by atoms with van der Waals surface area (Å²) in [4.78, 5) is 20.3. The third-order valence-corrected chi connectivity index (χ3v) is 3.89. The van der Waals surface area contributed by atoms with E-state index in [9.17, 15) is 4.79 Å². The van der Waals surface area contributed by atoms with Crippen LogP contribution in [0.25, 0.3) is 0 Å². The van der Waals surface area contributed by atoms with Gasteiger partial charge in [-0.2, -0.15) is 0 Å². The van der Waals surface area contributed by atoms with Crippen LogP contribution in [0.5, 0.6) is 5.75 Å². The van der Waals surface area contributed by atoms with E-state index in [0.29, 0.717) is 18.9 Å². The van der Waals surface area contributed by atoms with Crippen molar-refractivity contribution in [1.29, 1.82) is 0 Å². The van der Waals surface area contributed by atoms with Gasteiger partial charge in [0.25, 0.3) is 0 Å². The van der Waals surface area contributed by atoms with E-state index in [1.165, 1.54) is 11.8 Å². The average molecular weight is 331 g/mol. The van der Waals surface area contributed by atoms with Crippen molar-refractivity contribution in [2.24, 2.45) is 0 Å². The van der Waals surface area contributed by atoms with Gasteiger partial charge in [-0.15, -0.1) is 0 Å². The number of hydrogen-bond acceptors (Lipinski definition) is 5. The normalized spacial score (nSPS) is 10.4. The van der Waals surface area contributed by atoms with Gasteiger partial charge >= 0.3 is 0 Å². The highest BCUT2D eigenvalue weighted by atomic mass is 32.2. The van der Waals surface area contributed by atoms with E-state index in [0.717, 1.165) is 27.9 Å². The Labute approximate surface area is 140 Å². The predicted octanol–water partition coefficient (Wildman–Crippen LogP) is 2.69. The maximum absolute atomic E-state index is 11.8. The Bertz CT molecular complexity index is 656.